The largest absolute Gasteiger partial charge is 0.492 e. The fraction of sp³-hybridized carbons (Fsp3) is 0.480. The van der Waals surface area contributed by atoms with Crippen LogP contribution in [0.25, 0.3) is 0 Å². The molecule has 0 aromatic heterocycles. The molecule has 0 unspecified atom stereocenters. The third-order valence-electron chi connectivity index (χ3n) is 5.76. The van der Waals surface area contributed by atoms with Gasteiger partial charge >= 0.3 is 0 Å². The highest BCUT2D eigenvalue weighted by molar-refractivity contribution is 14.0. The van der Waals surface area contributed by atoms with Crippen LogP contribution >= 0.6 is 24.0 Å². The first kappa shape index (κ1) is 27.3. The molecule has 0 saturated carbocycles. The minimum absolute atomic E-state index is 0. The number of ether oxygens (including phenoxy) is 2. The second-order valence-corrected chi connectivity index (χ2v) is 8.21. The van der Waals surface area contributed by atoms with Crippen LogP contribution in [0.1, 0.15) is 24.0 Å². The first-order valence-electron chi connectivity index (χ1n) is 11.2. The molecule has 182 valence electrons. The minimum atomic E-state index is -0.227. The Morgan fingerprint density at radius 3 is 2.58 bits per heavy atom. The number of benzene rings is 2. The number of hydrogen-bond donors (Lipinski definition) is 1. The third kappa shape index (κ3) is 9.10. The molecule has 3 rings (SSSR count). The molecule has 0 aliphatic carbocycles. The second kappa shape index (κ2) is 14.4. The Morgan fingerprint density at radius 1 is 1.12 bits per heavy atom. The first-order valence-corrected chi connectivity index (χ1v) is 11.2. The molecule has 1 heterocycles. The van der Waals surface area contributed by atoms with Crippen LogP contribution < -0.4 is 10.1 Å². The summed E-state index contributed by atoms with van der Waals surface area (Å²) in [5, 5.41) is 3.37. The predicted molar refractivity (Wildman–Crippen MR) is 142 cm³/mol. The van der Waals surface area contributed by atoms with Crippen LogP contribution in [-0.2, 0) is 17.8 Å². The van der Waals surface area contributed by atoms with Crippen molar-refractivity contribution in [3.05, 3.63) is 65.5 Å². The average molecular weight is 570 g/mol. The van der Waals surface area contributed by atoms with E-state index in [-0.39, 0.29) is 29.8 Å². The zero-order chi connectivity index (χ0) is 22.8. The highest BCUT2D eigenvalue weighted by atomic mass is 127. The van der Waals surface area contributed by atoms with Gasteiger partial charge in [0, 0.05) is 53.0 Å². The topological polar surface area (TPSA) is 49.3 Å². The van der Waals surface area contributed by atoms with Crippen LogP contribution in [0.2, 0.25) is 0 Å². The zero-order valence-corrected chi connectivity index (χ0v) is 22.1. The summed E-state index contributed by atoms with van der Waals surface area (Å²) in [5.74, 6) is 1.39. The fourth-order valence-electron chi connectivity index (χ4n) is 3.91. The van der Waals surface area contributed by atoms with E-state index in [2.05, 4.69) is 34.4 Å². The van der Waals surface area contributed by atoms with E-state index in [0.717, 1.165) is 55.4 Å². The van der Waals surface area contributed by atoms with E-state index >= 15 is 0 Å². The Kier molecular flexibility index (Phi) is 11.9. The summed E-state index contributed by atoms with van der Waals surface area (Å²) < 4.78 is 24.9. The molecule has 0 bridgehead atoms. The number of nitrogens with zero attached hydrogens (tertiary/aromatic N) is 3. The summed E-state index contributed by atoms with van der Waals surface area (Å²) in [4.78, 5) is 8.69. The van der Waals surface area contributed by atoms with Crippen LogP contribution in [0.4, 0.5) is 4.39 Å². The van der Waals surface area contributed by atoms with Gasteiger partial charge < -0.3 is 19.7 Å². The molecule has 8 heteroatoms. The van der Waals surface area contributed by atoms with E-state index in [9.17, 15) is 4.39 Å². The molecule has 1 fully saturated rings. The van der Waals surface area contributed by atoms with Gasteiger partial charge in [0.05, 0.1) is 0 Å². The van der Waals surface area contributed by atoms with Crippen molar-refractivity contribution >= 4 is 29.9 Å². The Bertz CT molecular complexity index is 877. The molecular weight excluding hydrogens is 534 g/mol. The van der Waals surface area contributed by atoms with E-state index in [4.69, 9.17) is 9.47 Å². The maximum atomic E-state index is 13.5. The molecule has 0 spiro atoms. The van der Waals surface area contributed by atoms with Gasteiger partial charge in [0.15, 0.2) is 5.96 Å². The Hall–Kier alpha value is -1.91. The molecule has 6 nitrogen and oxygen atoms in total. The van der Waals surface area contributed by atoms with Crippen molar-refractivity contribution in [2.75, 3.05) is 47.5 Å². The number of rotatable bonds is 9. The van der Waals surface area contributed by atoms with Crippen molar-refractivity contribution in [3.8, 4) is 5.75 Å². The number of hydrogen-bond acceptors (Lipinski definition) is 4. The Balaban J connectivity index is 0.00000385. The number of guanidine groups is 1. The quantitative estimate of drug-likeness (QED) is 0.279. The smallest absolute Gasteiger partial charge is 0.193 e. The summed E-state index contributed by atoms with van der Waals surface area (Å²) >= 11 is 0. The van der Waals surface area contributed by atoms with Gasteiger partial charge in [-0.25, -0.2) is 4.39 Å². The van der Waals surface area contributed by atoms with Crippen LogP contribution in [-0.4, -0.2) is 69.3 Å². The van der Waals surface area contributed by atoms with Gasteiger partial charge in [-0.15, -0.1) is 24.0 Å². The lowest BCUT2D eigenvalue weighted by molar-refractivity contribution is 0.0392. The van der Waals surface area contributed by atoms with Crippen LogP contribution in [0, 0.1) is 5.82 Å². The van der Waals surface area contributed by atoms with E-state index in [0.29, 0.717) is 25.7 Å². The highest BCUT2D eigenvalue weighted by Gasteiger charge is 2.18. The maximum absolute atomic E-state index is 13.5. The van der Waals surface area contributed by atoms with Crippen molar-refractivity contribution in [3.63, 3.8) is 0 Å². The summed E-state index contributed by atoms with van der Waals surface area (Å²) in [6.07, 6.45) is 2.18. The number of nitrogens with one attached hydrogen (secondary N) is 1. The molecule has 2 aromatic carbocycles. The SMILES string of the molecule is CN=C(NCc1cccc(OCCN(C)C2CCOCC2)c1)N(C)Cc1cccc(F)c1.I. The summed E-state index contributed by atoms with van der Waals surface area (Å²) in [7, 11) is 5.85. The van der Waals surface area contributed by atoms with Gasteiger partial charge in [-0.05, 0) is 55.3 Å². The molecule has 2 aromatic rings. The second-order valence-electron chi connectivity index (χ2n) is 8.21. The zero-order valence-electron chi connectivity index (χ0n) is 19.8. The molecule has 1 saturated heterocycles. The molecular formula is C25H36FIN4O2. The van der Waals surface area contributed by atoms with Gasteiger partial charge in [0.1, 0.15) is 18.2 Å². The molecule has 1 aliphatic heterocycles. The fourth-order valence-corrected chi connectivity index (χ4v) is 3.91. The molecule has 0 radical (unpaired) electrons. The Morgan fingerprint density at radius 2 is 1.85 bits per heavy atom. The molecule has 33 heavy (non-hydrogen) atoms. The summed E-state index contributed by atoms with van der Waals surface area (Å²) in [6, 6.07) is 15.3. The van der Waals surface area contributed by atoms with E-state index in [1.54, 1.807) is 19.2 Å². The van der Waals surface area contributed by atoms with Crippen molar-refractivity contribution in [1.82, 2.24) is 15.1 Å². The molecule has 0 atom stereocenters. The van der Waals surface area contributed by atoms with Gasteiger partial charge in [-0.1, -0.05) is 24.3 Å². The van der Waals surface area contributed by atoms with Gasteiger partial charge in [-0.3, -0.25) is 9.89 Å². The molecule has 1 N–H and O–H groups in total. The lowest BCUT2D eigenvalue weighted by atomic mass is 10.1. The first-order chi connectivity index (χ1) is 15.5. The third-order valence-corrected chi connectivity index (χ3v) is 5.76. The van der Waals surface area contributed by atoms with Crippen molar-refractivity contribution in [2.24, 2.45) is 4.99 Å². The molecule has 1 aliphatic rings. The normalized spacial score (nSPS) is 14.6. The van der Waals surface area contributed by atoms with Crippen molar-refractivity contribution in [2.45, 2.75) is 32.0 Å². The minimum Gasteiger partial charge on any atom is -0.492 e. The van der Waals surface area contributed by atoms with Gasteiger partial charge in [-0.2, -0.15) is 0 Å². The summed E-state index contributed by atoms with van der Waals surface area (Å²) in [6.45, 7) is 4.45. The van der Waals surface area contributed by atoms with Crippen LogP contribution in [0.5, 0.6) is 5.75 Å². The van der Waals surface area contributed by atoms with Crippen molar-refractivity contribution < 1.29 is 13.9 Å². The standard InChI is InChI=1S/C25H35FN4O2.HI/c1-27-25(30(3)19-21-7-4-8-22(26)16-21)28-18-20-6-5-9-24(17-20)32-15-12-29(2)23-10-13-31-14-11-23;/h4-9,16-17,23H,10-15,18-19H2,1-3H3,(H,27,28);1H. The van der Waals surface area contributed by atoms with Crippen LogP contribution in [0.3, 0.4) is 0 Å². The molecule has 0 amide bonds. The number of likely N-dealkylation sites (N-methyl/N-ethyl adjacent to an activating group) is 1. The maximum Gasteiger partial charge on any atom is 0.193 e. The Labute approximate surface area is 214 Å². The lowest BCUT2D eigenvalue weighted by Crippen LogP contribution is -2.38. The van der Waals surface area contributed by atoms with E-state index < -0.39 is 0 Å². The summed E-state index contributed by atoms with van der Waals surface area (Å²) in [5.41, 5.74) is 2.01. The number of halogens is 2. The van der Waals surface area contributed by atoms with Gasteiger partial charge in [0.2, 0.25) is 0 Å². The monoisotopic (exact) mass is 570 g/mol. The van der Waals surface area contributed by atoms with E-state index in [1.165, 1.54) is 6.07 Å². The van der Waals surface area contributed by atoms with Crippen LogP contribution in [0.15, 0.2) is 53.5 Å². The number of aliphatic imine (C=N–C) groups is 1. The predicted octanol–water partition coefficient (Wildman–Crippen LogP) is 4.14. The lowest BCUT2D eigenvalue weighted by Gasteiger charge is -2.31. The highest BCUT2D eigenvalue weighted by Crippen LogP contribution is 2.15. The average Bonchev–Trinajstić information content (AvgIpc) is 2.80. The van der Waals surface area contributed by atoms with Gasteiger partial charge in [0.25, 0.3) is 0 Å². The van der Waals surface area contributed by atoms with E-state index in [1.807, 2.05) is 30.1 Å². The van der Waals surface area contributed by atoms with Crippen molar-refractivity contribution in [1.29, 1.82) is 0 Å².